The number of rotatable bonds is 4. The number of H-pyrrole nitrogens is 2. The standard InChI is InChI=1S/C17H12N8O4.2Na.2H/c1-2-3-7-14-8(10(26)5-12(28-14)16-18-22-23-19-16)4-9-11(27)6-13(29-15(7)9)17-20-24-25-21-17;;;;/h4-6H,2-3H2,1H3,(H,18,19,22,23)(H,20,21,24,25);;;;/q;2*+1;2*-1. The molecule has 0 saturated carbocycles. The third-order valence-corrected chi connectivity index (χ3v) is 4.44. The van der Waals surface area contributed by atoms with Crippen LogP contribution in [0, 0.1) is 0 Å². The Bertz CT molecular complexity index is 1370. The van der Waals surface area contributed by atoms with Crippen LogP contribution in [0.25, 0.3) is 45.1 Å². The first kappa shape index (κ1) is 23.4. The van der Waals surface area contributed by atoms with Crippen molar-refractivity contribution in [3.8, 4) is 23.2 Å². The molecule has 5 aromatic rings. The van der Waals surface area contributed by atoms with E-state index in [1.54, 1.807) is 0 Å². The molecule has 4 aromatic heterocycles. The van der Waals surface area contributed by atoms with Gasteiger partial charge in [0, 0.05) is 17.7 Å². The number of tetrazole rings is 2. The average molecular weight is 440 g/mol. The molecule has 1 aromatic carbocycles. The molecule has 0 aliphatic heterocycles. The van der Waals surface area contributed by atoms with Crippen molar-refractivity contribution >= 4 is 21.9 Å². The minimum absolute atomic E-state index is 0. The largest absolute Gasteiger partial charge is 1.00 e. The van der Waals surface area contributed by atoms with Gasteiger partial charge >= 0.3 is 59.1 Å². The van der Waals surface area contributed by atoms with E-state index in [0.29, 0.717) is 23.2 Å². The molecule has 0 amide bonds. The van der Waals surface area contributed by atoms with E-state index in [-0.39, 0.29) is 107 Å². The second-order valence-corrected chi connectivity index (χ2v) is 6.28. The van der Waals surface area contributed by atoms with Crippen molar-refractivity contribution in [2.75, 3.05) is 0 Å². The van der Waals surface area contributed by atoms with Gasteiger partial charge in [0.25, 0.3) is 0 Å². The Kier molecular flexibility index (Phi) is 7.19. The summed E-state index contributed by atoms with van der Waals surface area (Å²) in [4.78, 5) is 25.5. The summed E-state index contributed by atoms with van der Waals surface area (Å²) in [5.74, 6) is 0.608. The quantitative estimate of drug-likeness (QED) is 0.205. The molecule has 0 atom stereocenters. The zero-order chi connectivity index (χ0) is 20.0. The van der Waals surface area contributed by atoms with Crippen LogP contribution in [0.4, 0.5) is 0 Å². The minimum Gasteiger partial charge on any atom is -1.00 e. The van der Waals surface area contributed by atoms with E-state index in [1.807, 2.05) is 6.92 Å². The number of hydrogen-bond donors (Lipinski definition) is 2. The van der Waals surface area contributed by atoms with Crippen LogP contribution in [0.3, 0.4) is 0 Å². The van der Waals surface area contributed by atoms with E-state index in [2.05, 4.69) is 41.2 Å². The molecule has 0 bridgehead atoms. The number of aromatic nitrogens is 8. The predicted octanol–water partition coefficient (Wildman–Crippen LogP) is -4.55. The van der Waals surface area contributed by atoms with E-state index in [4.69, 9.17) is 8.83 Å². The van der Waals surface area contributed by atoms with Gasteiger partial charge in [-0.3, -0.25) is 9.59 Å². The molecule has 31 heavy (non-hydrogen) atoms. The van der Waals surface area contributed by atoms with Crippen molar-refractivity contribution in [2.24, 2.45) is 0 Å². The van der Waals surface area contributed by atoms with Gasteiger partial charge in [0.05, 0.1) is 10.8 Å². The Balaban J connectivity index is 0.00000136. The second kappa shape index (κ2) is 9.51. The maximum atomic E-state index is 12.7. The summed E-state index contributed by atoms with van der Waals surface area (Å²) < 4.78 is 11.9. The number of nitrogens with one attached hydrogen (secondary N) is 2. The van der Waals surface area contributed by atoms with Crippen molar-refractivity contribution in [3.05, 3.63) is 44.2 Å². The summed E-state index contributed by atoms with van der Waals surface area (Å²) >= 11 is 0. The summed E-state index contributed by atoms with van der Waals surface area (Å²) in [7, 11) is 0. The van der Waals surface area contributed by atoms with Crippen LogP contribution >= 0.6 is 0 Å². The fourth-order valence-corrected chi connectivity index (χ4v) is 3.21. The Morgan fingerprint density at radius 3 is 1.71 bits per heavy atom. The molecule has 0 spiro atoms. The van der Waals surface area contributed by atoms with Crippen molar-refractivity contribution < 1.29 is 70.8 Å². The smallest absolute Gasteiger partial charge is 1.00 e. The molecule has 0 aliphatic carbocycles. The predicted molar refractivity (Wildman–Crippen MR) is 101 cm³/mol. The van der Waals surface area contributed by atoms with Crippen LogP contribution in [0.5, 0.6) is 0 Å². The van der Waals surface area contributed by atoms with Crippen LogP contribution in [0.15, 0.2) is 36.6 Å². The molecule has 5 rings (SSSR count). The number of fused-ring (bicyclic) bond motifs is 2. The zero-order valence-electron chi connectivity index (χ0n) is 19.0. The van der Waals surface area contributed by atoms with E-state index >= 15 is 0 Å². The van der Waals surface area contributed by atoms with E-state index in [9.17, 15) is 9.59 Å². The fraction of sp³-hybridized carbons (Fsp3) is 0.176. The Hall–Kier alpha value is -2.22. The molecule has 0 unspecified atom stereocenters. The van der Waals surface area contributed by atoms with Crippen molar-refractivity contribution in [3.63, 3.8) is 0 Å². The van der Waals surface area contributed by atoms with Gasteiger partial charge in [-0.25, -0.2) is 0 Å². The van der Waals surface area contributed by atoms with Gasteiger partial charge in [0.1, 0.15) is 11.2 Å². The van der Waals surface area contributed by atoms with Gasteiger partial charge in [-0.05, 0) is 22.9 Å². The van der Waals surface area contributed by atoms with Crippen molar-refractivity contribution in [2.45, 2.75) is 19.8 Å². The maximum absolute atomic E-state index is 12.7. The van der Waals surface area contributed by atoms with Gasteiger partial charge in [0.2, 0.25) is 11.6 Å². The molecular formula is C17H14N8Na2O4. The minimum atomic E-state index is -0.327. The van der Waals surface area contributed by atoms with Crippen LogP contribution in [0.2, 0.25) is 0 Å². The summed E-state index contributed by atoms with van der Waals surface area (Å²) in [5, 5.41) is 27.6. The molecule has 0 fully saturated rings. The Morgan fingerprint density at radius 2 is 1.32 bits per heavy atom. The Labute approximate surface area is 219 Å². The SMILES string of the molecule is CCCc1c2oc(-c3nn[nH]n3)cc(=O)c2cc2c(=O)cc(-c3nn[nH]n3)oc12.[H-].[H-].[Na+].[Na+]. The molecule has 0 saturated heterocycles. The molecule has 0 aliphatic rings. The molecule has 0 radical (unpaired) electrons. The molecule has 148 valence electrons. The number of hydrogen-bond acceptors (Lipinski definition) is 10. The van der Waals surface area contributed by atoms with Crippen molar-refractivity contribution in [1.82, 2.24) is 41.2 Å². The van der Waals surface area contributed by atoms with Gasteiger partial charge in [-0.2, -0.15) is 10.4 Å². The van der Waals surface area contributed by atoms with Crippen LogP contribution in [-0.4, -0.2) is 41.2 Å². The van der Waals surface area contributed by atoms with Crippen LogP contribution < -0.4 is 70.0 Å². The number of aromatic amines is 2. The molecular weight excluding hydrogens is 426 g/mol. The zero-order valence-corrected chi connectivity index (χ0v) is 21.0. The summed E-state index contributed by atoms with van der Waals surface area (Å²) in [5.41, 5.74) is 0.545. The summed E-state index contributed by atoms with van der Waals surface area (Å²) in [6.07, 6.45) is 1.23. The van der Waals surface area contributed by atoms with Gasteiger partial charge in [0.15, 0.2) is 22.4 Å². The first-order valence-electron chi connectivity index (χ1n) is 8.71. The topological polar surface area (TPSA) is 169 Å². The van der Waals surface area contributed by atoms with Crippen LogP contribution in [-0.2, 0) is 6.42 Å². The normalized spacial score (nSPS) is 10.7. The summed E-state index contributed by atoms with van der Waals surface area (Å²) in [6.45, 7) is 1.97. The maximum Gasteiger partial charge on any atom is 1.00 e. The second-order valence-electron chi connectivity index (χ2n) is 6.28. The molecule has 12 nitrogen and oxygen atoms in total. The van der Waals surface area contributed by atoms with E-state index in [1.165, 1.54) is 18.2 Å². The monoisotopic (exact) mass is 440 g/mol. The number of benzene rings is 1. The van der Waals surface area contributed by atoms with E-state index in [0.717, 1.165) is 6.42 Å². The van der Waals surface area contributed by atoms with Crippen LogP contribution in [0.1, 0.15) is 21.8 Å². The molecule has 14 heteroatoms. The summed E-state index contributed by atoms with van der Waals surface area (Å²) in [6, 6.07) is 4.01. The Morgan fingerprint density at radius 1 is 0.839 bits per heavy atom. The first-order chi connectivity index (χ1) is 14.2. The molecule has 2 N–H and O–H groups in total. The molecule has 4 heterocycles. The number of nitrogens with zero attached hydrogens (tertiary/aromatic N) is 6. The third kappa shape index (κ3) is 4.14. The van der Waals surface area contributed by atoms with E-state index < -0.39 is 0 Å². The van der Waals surface area contributed by atoms with Gasteiger partial charge in [-0.1, -0.05) is 13.3 Å². The van der Waals surface area contributed by atoms with Gasteiger partial charge < -0.3 is 11.7 Å². The fourth-order valence-electron chi connectivity index (χ4n) is 3.21. The van der Waals surface area contributed by atoms with Crippen molar-refractivity contribution in [1.29, 1.82) is 0 Å². The third-order valence-electron chi connectivity index (χ3n) is 4.44. The number of aryl methyl sites for hydroxylation is 1. The average Bonchev–Trinajstić information content (AvgIpc) is 3.43. The first-order valence-corrected chi connectivity index (χ1v) is 8.71. The van der Waals surface area contributed by atoms with Gasteiger partial charge in [-0.15, -0.1) is 20.4 Å².